The fourth-order valence-electron chi connectivity index (χ4n) is 2.21. The van der Waals surface area contributed by atoms with Gasteiger partial charge in [0.25, 0.3) is 0 Å². The predicted molar refractivity (Wildman–Crippen MR) is 74.2 cm³/mol. The van der Waals surface area contributed by atoms with E-state index in [9.17, 15) is 0 Å². The SMILES string of the molecule is CC[C@H](C)[C@H](N)c1nc(CSC2CCCC2)no1. The average Bonchev–Trinajstić information content (AvgIpc) is 3.05. The largest absolute Gasteiger partial charge is 0.338 e. The first-order valence-corrected chi connectivity index (χ1v) is 7.95. The van der Waals surface area contributed by atoms with Gasteiger partial charge in [0.15, 0.2) is 5.82 Å². The molecule has 1 aliphatic carbocycles. The molecule has 0 unspecified atom stereocenters. The van der Waals surface area contributed by atoms with Crippen LogP contribution in [0.25, 0.3) is 0 Å². The molecule has 18 heavy (non-hydrogen) atoms. The highest BCUT2D eigenvalue weighted by Gasteiger charge is 2.21. The molecule has 102 valence electrons. The predicted octanol–water partition coefficient (Wildman–Crippen LogP) is 3.29. The number of rotatable bonds is 6. The minimum Gasteiger partial charge on any atom is -0.338 e. The lowest BCUT2D eigenvalue weighted by Crippen LogP contribution is -2.18. The van der Waals surface area contributed by atoms with Gasteiger partial charge in [-0.15, -0.1) is 0 Å². The van der Waals surface area contributed by atoms with Gasteiger partial charge >= 0.3 is 0 Å². The van der Waals surface area contributed by atoms with E-state index < -0.39 is 0 Å². The Balaban J connectivity index is 1.85. The van der Waals surface area contributed by atoms with Gasteiger partial charge in [0.1, 0.15) is 0 Å². The number of nitrogens with zero attached hydrogens (tertiary/aromatic N) is 2. The fraction of sp³-hybridized carbons (Fsp3) is 0.846. The summed E-state index contributed by atoms with van der Waals surface area (Å²) in [6.45, 7) is 4.24. The molecule has 0 radical (unpaired) electrons. The first-order valence-electron chi connectivity index (χ1n) is 6.90. The van der Waals surface area contributed by atoms with Gasteiger partial charge in [-0.05, 0) is 18.8 Å². The van der Waals surface area contributed by atoms with Crippen LogP contribution in [0.3, 0.4) is 0 Å². The topological polar surface area (TPSA) is 64.9 Å². The van der Waals surface area contributed by atoms with Crippen LogP contribution < -0.4 is 5.73 Å². The summed E-state index contributed by atoms with van der Waals surface area (Å²) in [6, 6.07) is -0.132. The molecular weight excluding hydrogens is 246 g/mol. The third-order valence-corrected chi connectivity index (χ3v) is 5.14. The van der Waals surface area contributed by atoms with Crippen LogP contribution in [-0.4, -0.2) is 15.4 Å². The van der Waals surface area contributed by atoms with Gasteiger partial charge in [-0.1, -0.05) is 38.3 Å². The first kappa shape index (κ1) is 13.9. The average molecular weight is 269 g/mol. The van der Waals surface area contributed by atoms with E-state index in [4.69, 9.17) is 10.3 Å². The summed E-state index contributed by atoms with van der Waals surface area (Å²) in [5.74, 6) is 2.61. The van der Waals surface area contributed by atoms with Crippen molar-refractivity contribution in [2.75, 3.05) is 0 Å². The lowest BCUT2D eigenvalue weighted by molar-refractivity contribution is 0.311. The quantitative estimate of drug-likeness (QED) is 0.858. The molecule has 1 aliphatic rings. The van der Waals surface area contributed by atoms with Crippen LogP contribution in [0.4, 0.5) is 0 Å². The molecule has 2 N–H and O–H groups in total. The van der Waals surface area contributed by atoms with E-state index in [2.05, 4.69) is 24.0 Å². The lowest BCUT2D eigenvalue weighted by atomic mass is 10.0. The van der Waals surface area contributed by atoms with Crippen LogP contribution in [0.2, 0.25) is 0 Å². The maximum absolute atomic E-state index is 6.08. The molecular formula is C13H23N3OS. The molecule has 1 saturated carbocycles. The van der Waals surface area contributed by atoms with Crippen molar-refractivity contribution in [1.82, 2.24) is 10.1 Å². The van der Waals surface area contributed by atoms with E-state index in [1.165, 1.54) is 25.7 Å². The standard InChI is InChI=1S/C13H23N3OS/c1-3-9(2)12(14)13-15-11(16-17-13)8-18-10-6-4-5-7-10/h9-10,12H,3-8,14H2,1-2H3/t9-,12-/m0/s1. The van der Waals surface area contributed by atoms with Crippen molar-refractivity contribution >= 4 is 11.8 Å². The molecule has 1 heterocycles. The molecule has 4 nitrogen and oxygen atoms in total. The van der Waals surface area contributed by atoms with Crippen molar-refractivity contribution in [1.29, 1.82) is 0 Å². The molecule has 1 fully saturated rings. The van der Waals surface area contributed by atoms with Crippen molar-refractivity contribution in [2.24, 2.45) is 11.7 Å². The number of aromatic nitrogens is 2. The van der Waals surface area contributed by atoms with Gasteiger partial charge in [0.2, 0.25) is 5.89 Å². The van der Waals surface area contributed by atoms with Crippen molar-refractivity contribution in [3.63, 3.8) is 0 Å². The molecule has 2 rings (SSSR count). The second kappa shape index (κ2) is 6.57. The Morgan fingerprint density at radius 1 is 1.44 bits per heavy atom. The molecule has 5 heteroatoms. The maximum Gasteiger partial charge on any atom is 0.243 e. The number of hydrogen-bond acceptors (Lipinski definition) is 5. The van der Waals surface area contributed by atoms with E-state index in [-0.39, 0.29) is 6.04 Å². The number of thioether (sulfide) groups is 1. The van der Waals surface area contributed by atoms with Gasteiger partial charge in [-0.25, -0.2) is 0 Å². The summed E-state index contributed by atoms with van der Waals surface area (Å²) in [6.07, 6.45) is 6.43. The monoisotopic (exact) mass is 269 g/mol. The number of hydrogen-bond donors (Lipinski definition) is 1. The third-order valence-electron chi connectivity index (χ3n) is 3.78. The van der Waals surface area contributed by atoms with Crippen LogP contribution in [0.5, 0.6) is 0 Å². The zero-order valence-corrected chi connectivity index (χ0v) is 12.1. The van der Waals surface area contributed by atoms with Crippen molar-refractivity contribution in [2.45, 2.75) is 63.0 Å². The van der Waals surface area contributed by atoms with E-state index in [1.807, 2.05) is 11.8 Å². The highest BCUT2D eigenvalue weighted by Crippen LogP contribution is 2.31. The van der Waals surface area contributed by atoms with Crippen LogP contribution in [0.15, 0.2) is 4.52 Å². The lowest BCUT2D eigenvalue weighted by Gasteiger charge is -2.13. The summed E-state index contributed by atoms with van der Waals surface area (Å²) < 4.78 is 5.27. The number of nitrogens with two attached hydrogens (primary N) is 1. The molecule has 0 aliphatic heterocycles. The van der Waals surface area contributed by atoms with Crippen LogP contribution in [-0.2, 0) is 5.75 Å². The van der Waals surface area contributed by atoms with Gasteiger partial charge in [-0.2, -0.15) is 16.7 Å². The van der Waals surface area contributed by atoms with Crippen molar-refractivity contribution in [3.8, 4) is 0 Å². The molecule has 0 spiro atoms. The summed E-state index contributed by atoms with van der Waals surface area (Å²) >= 11 is 1.95. The summed E-state index contributed by atoms with van der Waals surface area (Å²) in [7, 11) is 0. The van der Waals surface area contributed by atoms with E-state index >= 15 is 0 Å². The van der Waals surface area contributed by atoms with Gasteiger partial charge in [0.05, 0.1) is 11.8 Å². The molecule has 2 atom stereocenters. The summed E-state index contributed by atoms with van der Waals surface area (Å²) in [5, 5.41) is 4.82. The van der Waals surface area contributed by atoms with Crippen LogP contribution in [0, 0.1) is 5.92 Å². The zero-order chi connectivity index (χ0) is 13.0. The summed E-state index contributed by atoms with van der Waals surface area (Å²) in [4.78, 5) is 4.42. The smallest absolute Gasteiger partial charge is 0.243 e. The molecule has 0 saturated heterocycles. The fourth-order valence-corrected chi connectivity index (χ4v) is 3.37. The van der Waals surface area contributed by atoms with E-state index in [0.717, 1.165) is 23.2 Å². The minimum absolute atomic E-state index is 0.132. The van der Waals surface area contributed by atoms with Crippen molar-refractivity contribution < 1.29 is 4.52 Å². The molecule has 0 amide bonds. The van der Waals surface area contributed by atoms with E-state index in [0.29, 0.717) is 11.8 Å². The maximum atomic E-state index is 6.08. The second-order valence-electron chi connectivity index (χ2n) is 5.18. The third kappa shape index (κ3) is 3.48. The Bertz CT molecular complexity index is 363. The van der Waals surface area contributed by atoms with Gasteiger partial charge in [-0.3, -0.25) is 0 Å². The summed E-state index contributed by atoms with van der Waals surface area (Å²) in [5.41, 5.74) is 6.08. The normalized spacial score (nSPS) is 20.2. The Labute approximate surface area is 113 Å². The van der Waals surface area contributed by atoms with Crippen LogP contribution in [0.1, 0.15) is 63.7 Å². The van der Waals surface area contributed by atoms with Gasteiger partial charge < -0.3 is 10.3 Å². The van der Waals surface area contributed by atoms with Crippen molar-refractivity contribution in [3.05, 3.63) is 11.7 Å². The highest BCUT2D eigenvalue weighted by atomic mass is 32.2. The zero-order valence-electron chi connectivity index (χ0n) is 11.3. The Kier molecular flexibility index (Phi) is 5.06. The molecule has 1 aromatic rings. The molecule has 1 aromatic heterocycles. The Morgan fingerprint density at radius 2 is 2.17 bits per heavy atom. The Morgan fingerprint density at radius 3 is 2.83 bits per heavy atom. The Hall–Kier alpha value is -0.550. The minimum atomic E-state index is -0.132. The van der Waals surface area contributed by atoms with Crippen LogP contribution >= 0.6 is 11.8 Å². The first-order chi connectivity index (χ1) is 8.70. The second-order valence-corrected chi connectivity index (χ2v) is 6.47. The van der Waals surface area contributed by atoms with Gasteiger partial charge in [0, 0.05) is 5.25 Å². The van der Waals surface area contributed by atoms with E-state index in [1.54, 1.807) is 0 Å². The molecule has 0 bridgehead atoms. The molecule has 0 aromatic carbocycles. The highest BCUT2D eigenvalue weighted by molar-refractivity contribution is 7.99.